The van der Waals surface area contributed by atoms with Crippen LogP contribution in [0.2, 0.25) is 0 Å². The van der Waals surface area contributed by atoms with Crippen molar-refractivity contribution in [3.8, 4) is 17.2 Å². The molecule has 0 amide bonds. The number of hydrogen-bond acceptors (Lipinski definition) is 8. The minimum atomic E-state index is -0.631. The first-order chi connectivity index (χ1) is 15.7. The van der Waals surface area contributed by atoms with Gasteiger partial charge in [0, 0.05) is 36.4 Å². The summed E-state index contributed by atoms with van der Waals surface area (Å²) in [5, 5.41) is 3.32. The van der Waals surface area contributed by atoms with Crippen molar-refractivity contribution in [1.82, 2.24) is 5.32 Å². The largest absolute Gasteiger partial charge is 0.493 e. The first-order valence-electron chi connectivity index (χ1n) is 10.9. The van der Waals surface area contributed by atoms with Gasteiger partial charge in [-0.2, -0.15) is 0 Å². The molecule has 180 valence electrons. The number of esters is 1. The van der Waals surface area contributed by atoms with Crippen LogP contribution in [0.25, 0.3) is 0 Å². The van der Waals surface area contributed by atoms with Gasteiger partial charge in [0.05, 0.1) is 33.5 Å². The van der Waals surface area contributed by atoms with E-state index in [1.165, 1.54) is 21.3 Å². The van der Waals surface area contributed by atoms with Crippen molar-refractivity contribution >= 4 is 11.8 Å². The van der Waals surface area contributed by atoms with E-state index in [9.17, 15) is 9.59 Å². The monoisotopic (exact) mass is 459 g/mol. The lowest BCUT2D eigenvalue weighted by molar-refractivity contribution is -0.140. The second kappa shape index (κ2) is 9.87. The van der Waals surface area contributed by atoms with Crippen molar-refractivity contribution < 1.29 is 33.3 Å². The molecule has 1 unspecified atom stereocenters. The summed E-state index contributed by atoms with van der Waals surface area (Å²) in [5.41, 5.74) is 2.95. The van der Waals surface area contributed by atoms with E-state index < -0.39 is 11.9 Å². The third-order valence-corrected chi connectivity index (χ3v) is 6.00. The number of carbonyl (C=O) groups is 2. The summed E-state index contributed by atoms with van der Waals surface area (Å²) in [7, 11) is 6.13. The maximum absolute atomic E-state index is 13.4. The zero-order valence-corrected chi connectivity index (χ0v) is 20.4. The third-order valence-electron chi connectivity index (χ3n) is 6.00. The molecule has 1 heterocycles. The lowest BCUT2D eigenvalue weighted by Gasteiger charge is -2.39. The normalized spacial score (nSPS) is 19.6. The zero-order chi connectivity index (χ0) is 24.3. The summed E-state index contributed by atoms with van der Waals surface area (Å²) in [6, 6.07) is 3.56. The Morgan fingerprint density at radius 3 is 2.21 bits per heavy atom. The van der Waals surface area contributed by atoms with E-state index in [2.05, 4.69) is 19.2 Å². The standard InChI is InChI=1S/C25H33NO7/c1-14-20(24(28)33-9-8-29-4)21(22-16(26-14)12-25(2,3)13-17(22)27)15-10-18(30-5)23(32-7)19(11-15)31-6/h10-11,21,26H,8-9,12-13H2,1-7H3. The molecular weight excluding hydrogens is 426 g/mol. The predicted octanol–water partition coefficient (Wildman–Crippen LogP) is 3.51. The fourth-order valence-corrected chi connectivity index (χ4v) is 4.60. The highest BCUT2D eigenvalue weighted by molar-refractivity contribution is 6.04. The Morgan fingerprint density at radius 2 is 1.67 bits per heavy atom. The summed E-state index contributed by atoms with van der Waals surface area (Å²) in [6.45, 7) is 6.35. The number of benzene rings is 1. The predicted molar refractivity (Wildman–Crippen MR) is 123 cm³/mol. The first kappa shape index (κ1) is 24.6. The van der Waals surface area contributed by atoms with E-state index in [1.54, 1.807) is 19.2 Å². The Labute approximate surface area is 194 Å². The van der Waals surface area contributed by atoms with Crippen molar-refractivity contribution in [2.24, 2.45) is 5.41 Å². The van der Waals surface area contributed by atoms with E-state index in [1.807, 2.05) is 6.92 Å². The van der Waals surface area contributed by atoms with Crippen LogP contribution in [-0.2, 0) is 19.1 Å². The van der Waals surface area contributed by atoms with Crippen LogP contribution in [0.4, 0.5) is 0 Å². The molecule has 1 aromatic rings. The van der Waals surface area contributed by atoms with Crippen LogP contribution >= 0.6 is 0 Å². The van der Waals surface area contributed by atoms with Gasteiger partial charge >= 0.3 is 5.97 Å². The fourth-order valence-electron chi connectivity index (χ4n) is 4.60. The number of dihydropyridines is 1. The molecule has 33 heavy (non-hydrogen) atoms. The molecule has 0 aromatic heterocycles. The third kappa shape index (κ3) is 4.85. The Hall–Kier alpha value is -3.00. The van der Waals surface area contributed by atoms with E-state index in [0.717, 1.165) is 5.70 Å². The maximum Gasteiger partial charge on any atom is 0.336 e. The molecule has 8 nitrogen and oxygen atoms in total. The van der Waals surface area contributed by atoms with E-state index >= 15 is 0 Å². The van der Waals surface area contributed by atoms with Gasteiger partial charge in [-0.05, 0) is 36.5 Å². The van der Waals surface area contributed by atoms with Gasteiger partial charge in [0.2, 0.25) is 5.75 Å². The van der Waals surface area contributed by atoms with E-state index in [-0.39, 0.29) is 24.4 Å². The fraction of sp³-hybridized carbons (Fsp3) is 0.520. The Balaban J connectivity index is 2.21. The van der Waals surface area contributed by atoms with Crippen LogP contribution in [-0.4, -0.2) is 53.4 Å². The molecule has 3 rings (SSSR count). The number of Topliss-reactive ketones (excluding diaryl/α,β-unsaturated/α-hetero) is 1. The van der Waals surface area contributed by atoms with E-state index in [4.69, 9.17) is 23.7 Å². The number of carbonyl (C=O) groups excluding carboxylic acids is 2. The molecule has 1 aromatic carbocycles. The summed E-state index contributed by atoms with van der Waals surface area (Å²) >= 11 is 0. The highest BCUT2D eigenvalue weighted by Gasteiger charge is 2.43. The van der Waals surface area contributed by atoms with Gasteiger partial charge in [0.15, 0.2) is 17.3 Å². The van der Waals surface area contributed by atoms with Gasteiger partial charge in [-0.25, -0.2) is 4.79 Å². The molecule has 0 bridgehead atoms. The molecule has 0 radical (unpaired) electrons. The van der Waals surface area contributed by atoms with Crippen LogP contribution in [0.5, 0.6) is 17.2 Å². The molecular formula is C25H33NO7. The molecule has 1 aliphatic heterocycles. The zero-order valence-electron chi connectivity index (χ0n) is 20.4. The number of rotatable bonds is 8. The molecule has 0 saturated heterocycles. The van der Waals surface area contributed by atoms with Crippen LogP contribution < -0.4 is 19.5 Å². The van der Waals surface area contributed by atoms with E-state index in [0.29, 0.717) is 52.5 Å². The Bertz CT molecular complexity index is 981. The summed E-state index contributed by atoms with van der Waals surface area (Å²) in [4.78, 5) is 26.6. The highest BCUT2D eigenvalue weighted by atomic mass is 16.6. The maximum atomic E-state index is 13.4. The average Bonchev–Trinajstić information content (AvgIpc) is 2.76. The molecule has 8 heteroatoms. The molecule has 0 fully saturated rings. The quantitative estimate of drug-likeness (QED) is 0.466. The topological polar surface area (TPSA) is 92.3 Å². The van der Waals surface area contributed by atoms with Crippen LogP contribution in [0.1, 0.15) is 45.1 Å². The summed E-state index contributed by atoms with van der Waals surface area (Å²) < 4.78 is 27.0. The van der Waals surface area contributed by atoms with Gasteiger partial charge in [-0.3, -0.25) is 4.79 Å². The van der Waals surface area contributed by atoms with Crippen molar-refractivity contribution in [3.63, 3.8) is 0 Å². The molecule has 1 aliphatic carbocycles. The minimum Gasteiger partial charge on any atom is -0.493 e. The first-order valence-corrected chi connectivity index (χ1v) is 10.9. The number of methoxy groups -OCH3 is 4. The van der Waals surface area contributed by atoms with Crippen LogP contribution in [0.3, 0.4) is 0 Å². The number of hydrogen-bond donors (Lipinski definition) is 1. The Morgan fingerprint density at radius 1 is 1.03 bits per heavy atom. The summed E-state index contributed by atoms with van der Waals surface area (Å²) in [6.07, 6.45) is 1.08. The SMILES string of the molecule is COCCOC(=O)C1=C(C)NC2=C(C(=O)CC(C)(C)C2)C1c1cc(OC)c(OC)c(OC)c1. The minimum absolute atomic E-state index is 0.00203. The van der Waals surface area contributed by atoms with Crippen molar-refractivity contribution in [1.29, 1.82) is 0 Å². The molecule has 1 atom stereocenters. The van der Waals surface area contributed by atoms with Gasteiger partial charge in [-0.1, -0.05) is 13.8 Å². The second-order valence-electron chi connectivity index (χ2n) is 9.02. The number of allylic oxidation sites excluding steroid dienone is 3. The Kier molecular flexibility index (Phi) is 7.37. The number of ketones is 1. The van der Waals surface area contributed by atoms with Crippen molar-refractivity contribution in [3.05, 3.63) is 40.2 Å². The summed E-state index contributed by atoms with van der Waals surface area (Å²) in [5.74, 6) is 0.199. The molecule has 2 aliphatic rings. The van der Waals surface area contributed by atoms with Crippen LogP contribution in [0, 0.1) is 5.41 Å². The number of ether oxygens (including phenoxy) is 5. The lowest BCUT2D eigenvalue weighted by atomic mass is 9.68. The van der Waals surface area contributed by atoms with Gasteiger partial charge in [-0.15, -0.1) is 0 Å². The molecule has 0 saturated carbocycles. The average molecular weight is 460 g/mol. The lowest BCUT2D eigenvalue weighted by Crippen LogP contribution is -2.38. The van der Waals surface area contributed by atoms with Crippen LogP contribution in [0.15, 0.2) is 34.7 Å². The van der Waals surface area contributed by atoms with Gasteiger partial charge < -0.3 is 29.0 Å². The van der Waals surface area contributed by atoms with Crippen molar-refractivity contribution in [2.45, 2.75) is 39.5 Å². The second-order valence-corrected chi connectivity index (χ2v) is 9.02. The van der Waals surface area contributed by atoms with Gasteiger partial charge in [0.1, 0.15) is 6.61 Å². The smallest absolute Gasteiger partial charge is 0.336 e. The number of nitrogens with one attached hydrogen (secondary N) is 1. The highest BCUT2D eigenvalue weighted by Crippen LogP contribution is 2.49. The molecule has 1 N–H and O–H groups in total. The van der Waals surface area contributed by atoms with Gasteiger partial charge in [0.25, 0.3) is 0 Å². The molecule has 0 spiro atoms. The van der Waals surface area contributed by atoms with Crippen molar-refractivity contribution in [2.75, 3.05) is 41.7 Å².